The number of anilines is 4. The molecule has 2 N–H and O–H groups in total. The molecule has 0 atom stereocenters. The molecule has 0 aliphatic carbocycles. The van der Waals surface area contributed by atoms with Gasteiger partial charge >= 0.3 is 0 Å². The highest BCUT2D eigenvalue weighted by molar-refractivity contribution is 5.68. The fraction of sp³-hybridized carbons (Fsp3) is 0.150. The fourth-order valence-corrected chi connectivity index (χ4v) is 2.52. The van der Waals surface area contributed by atoms with E-state index in [4.69, 9.17) is 14.7 Å². The molecule has 0 fully saturated rings. The molecule has 1 aromatic heterocycles. The van der Waals surface area contributed by atoms with Crippen LogP contribution in [0.1, 0.15) is 11.4 Å². The lowest BCUT2D eigenvalue weighted by Gasteiger charge is -2.13. The number of nitrogens with one attached hydrogen (secondary N) is 2. The van der Waals surface area contributed by atoms with E-state index in [1.54, 1.807) is 32.4 Å². The zero-order chi connectivity index (χ0) is 19.2. The first-order valence-electron chi connectivity index (χ1n) is 8.23. The summed E-state index contributed by atoms with van der Waals surface area (Å²) in [6.07, 6.45) is 0. The fourth-order valence-electron chi connectivity index (χ4n) is 2.52. The first kappa shape index (κ1) is 18.0. The van der Waals surface area contributed by atoms with E-state index in [1.165, 1.54) is 0 Å². The maximum atomic E-state index is 8.89. The van der Waals surface area contributed by atoms with E-state index in [-0.39, 0.29) is 0 Å². The summed E-state index contributed by atoms with van der Waals surface area (Å²) < 4.78 is 10.7. The molecule has 2 aromatic carbocycles. The molecular formula is C20H19N5O2. The minimum Gasteiger partial charge on any atom is -0.497 e. The van der Waals surface area contributed by atoms with Crippen molar-refractivity contribution in [3.05, 3.63) is 59.9 Å². The van der Waals surface area contributed by atoms with Gasteiger partial charge in [-0.1, -0.05) is 0 Å². The van der Waals surface area contributed by atoms with Crippen LogP contribution in [0.5, 0.6) is 11.5 Å². The Morgan fingerprint density at radius 1 is 0.889 bits per heavy atom. The van der Waals surface area contributed by atoms with Gasteiger partial charge < -0.3 is 20.1 Å². The summed E-state index contributed by atoms with van der Waals surface area (Å²) in [5.41, 5.74) is 2.17. The highest BCUT2D eigenvalue weighted by atomic mass is 16.5. The lowest BCUT2D eigenvalue weighted by molar-refractivity contribution is 0.405. The van der Waals surface area contributed by atoms with Crippen LogP contribution in [-0.2, 0) is 0 Å². The van der Waals surface area contributed by atoms with Crippen LogP contribution < -0.4 is 20.1 Å². The van der Waals surface area contributed by atoms with Crippen molar-refractivity contribution in [3.8, 4) is 17.6 Å². The van der Waals surface area contributed by atoms with Gasteiger partial charge in [-0.05, 0) is 43.3 Å². The molecule has 0 aliphatic rings. The van der Waals surface area contributed by atoms with E-state index in [9.17, 15) is 0 Å². The zero-order valence-electron chi connectivity index (χ0n) is 15.3. The molecule has 3 aromatic rings. The third-order valence-corrected chi connectivity index (χ3v) is 3.79. The van der Waals surface area contributed by atoms with Gasteiger partial charge in [0.2, 0.25) is 0 Å². The van der Waals surface area contributed by atoms with Gasteiger partial charge in [0.15, 0.2) is 0 Å². The number of hydrogen-bond acceptors (Lipinski definition) is 7. The predicted octanol–water partition coefficient (Wildman–Crippen LogP) is 4.16. The molecule has 1 heterocycles. The van der Waals surface area contributed by atoms with Gasteiger partial charge in [-0.25, -0.2) is 9.97 Å². The number of ether oxygens (including phenoxy) is 2. The van der Waals surface area contributed by atoms with E-state index in [0.29, 0.717) is 34.5 Å². The van der Waals surface area contributed by atoms with Crippen LogP contribution in [0.3, 0.4) is 0 Å². The molecule has 0 aliphatic heterocycles. The highest BCUT2D eigenvalue weighted by Crippen LogP contribution is 2.31. The van der Waals surface area contributed by atoms with Crippen LogP contribution in [-0.4, -0.2) is 24.2 Å². The van der Waals surface area contributed by atoms with Crippen molar-refractivity contribution < 1.29 is 9.47 Å². The Morgan fingerprint density at radius 2 is 1.59 bits per heavy atom. The van der Waals surface area contributed by atoms with Gasteiger partial charge in [0.1, 0.15) is 29.0 Å². The van der Waals surface area contributed by atoms with E-state index in [2.05, 4.69) is 26.7 Å². The minimum absolute atomic E-state index is 0.604. The number of nitriles is 1. The first-order chi connectivity index (χ1) is 13.1. The Balaban J connectivity index is 1.86. The van der Waals surface area contributed by atoms with Crippen molar-refractivity contribution in [3.63, 3.8) is 0 Å². The number of hydrogen-bond donors (Lipinski definition) is 2. The maximum Gasteiger partial charge on any atom is 0.142 e. The van der Waals surface area contributed by atoms with Gasteiger partial charge in [-0.15, -0.1) is 0 Å². The summed E-state index contributed by atoms with van der Waals surface area (Å²) in [5, 5.41) is 15.4. The largest absolute Gasteiger partial charge is 0.497 e. The minimum atomic E-state index is 0.604. The van der Waals surface area contributed by atoms with Gasteiger partial charge in [0, 0.05) is 17.8 Å². The standard InChI is InChI=1S/C20H19N5O2/c1-13-22-19(24-15-6-4-14(12-21)5-7-15)11-20(23-13)25-17-10-16(26-2)8-9-18(17)27-3/h4-11H,1-3H3,(H2,22,23,24,25). The Hall–Kier alpha value is -3.79. The topological polar surface area (TPSA) is 92.1 Å². The van der Waals surface area contributed by atoms with E-state index < -0.39 is 0 Å². The third kappa shape index (κ3) is 4.44. The number of nitrogens with zero attached hydrogens (tertiary/aromatic N) is 3. The monoisotopic (exact) mass is 361 g/mol. The summed E-state index contributed by atoms with van der Waals surface area (Å²) in [5.74, 6) is 3.24. The first-order valence-corrected chi connectivity index (χ1v) is 8.23. The maximum absolute atomic E-state index is 8.89. The van der Waals surface area contributed by atoms with Crippen LogP contribution in [0, 0.1) is 18.3 Å². The Bertz CT molecular complexity index is 981. The molecule has 136 valence electrons. The Labute approximate surface area is 157 Å². The van der Waals surface area contributed by atoms with Crippen LogP contribution >= 0.6 is 0 Å². The molecule has 0 amide bonds. The van der Waals surface area contributed by atoms with Crippen LogP contribution in [0.4, 0.5) is 23.0 Å². The van der Waals surface area contributed by atoms with E-state index >= 15 is 0 Å². The van der Waals surface area contributed by atoms with Crippen molar-refractivity contribution in [1.29, 1.82) is 5.26 Å². The second-order valence-electron chi connectivity index (χ2n) is 5.69. The summed E-state index contributed by atoms with van der Waals surface area (Å²) >= 11 is 0. The van der Waals surface area contributed by atoms with E-state index in [1.807, 2.05) is 37.3 Å². The summed E-state index contributed by atoms with van der Waals surface area (Å²) in [7, 11) is 3.22. The molecule has 0 saturated carbocycles. The molecule has 0 unspecified atom stereocenters. The van der Waals surface area contributed by atoms with Crippen molar-refractivity contribution in [2.75, 3.05) is 24.9 Å². The molecule has 7 heteroatoms. The highest BCUT2D eigenvalue weighted by Gasteiger charge is 2.08. The number of benzene rings is 2. The lowest BCUT2D eigenvalue weighted by atomic mass is 10.2. The van der Waals surface area contributed by atoms with Crippen molar-refractivity contribution in [2.45, 2.75) is 6.92 Å². The Kier molecular flexibility index (Phi) is 5.38. The lowest BCUT2D eigenvalue weighted by Crippen LogP contribution is -2.02. The molecule has 27 heavy (non-hydrogen) atoms. The van der Waals surface area contributed by atoms with Crippen LogP contribution in [0.2, 0.25) is 0 Å². The number of methoxy groups -OCH3 is 2. The molecule has 7 nitrogen and oxygen atoms in total. The molecular weight excluding hydrogens is 342 g/mol. The summed E-state index contributed by atoms with van der Waals surface area (Å²) in [6.45, 7) is 1.82. The second-order valence-corrected chi connectivity index (χ2v) is 5.69. The van der Waals surface area contributed by atoms with Crippen molar-refractivity contribution in [2.24, 2.45) is 0 Å². The molecule has 3 rings (SSSR count). The van der Waals surface area contributed by atoms with Crippen molar-refractivity contribution in [1.82, 2.24) is 9.97 Å². The van der Waals surface area contributed by atoms with Gasteiger partial charge in [-0.2, -0.15) is 5.26 Å². The SMILES string of the molecule is COc1ccc(OC)c(Nc2cc(Nc3ccc(C#N)cc3)nc(C)n2)c1. The number of rotatable bonds is 6. The van der Waals surface area contributed by atoms with Gasteiger partial charge in [-0.3, -0.25) is 0 Å². The van der Waals surface area contributed by atoms with E-state index in [0.717, 1.165) is 11.4 Å². The Morgan fingerprint density at radius 3 is 2.22 bits per heavy atom. The average Bonchev–Trinajstić information content (AvgIpc) is 2.68. The third-order valence-electron chi connectivity index (χ3n) is 3.79. The number of aryl methyl sites for hydroxylation is 1. The summed E-state index contributed by atoms with van der Waals surface area (Å²) in [4.78, 5) is 8.83. The zero-order valence-corrected chi connectivity index (χ0v) is 15.3. The predicted molar refractivity (Wildman–Crippen MR) is 104 cm³/mol. The molecule has 0 radical (unpaired) electrons. The molecule has 0 bridgehead atoms. The summed E-state index contributed by atoms with van der Waals surface area (Å²) in [6, 6.07) is 16.5. The molecule has 0 spiro atoms. The number of aromatic nitrogens is 2. The second kappa shape index (κ2) is 8.06. The molecule has 0 saturated heterocycles. The normalized spacial score (nSPS) is 10.0. The van der Waals surface area contributed by atoms with Crippen molar-refractivity contribution >= 4 is 23.0 Å². The van der Waals surface area contributed by atoms with Gasteiger partial charge in [0.05, 0.1) is 31.5 Å². The quantitative estimate of drug-likeness (QED) is 0.681. The smallest absolute Gasteiger partial charge is 0.142 e. The van der Waals surface area contributed by atoms with Gasteiger partial charge in [0.25, 0.3) is 0 Å². The average molecular weight is 361 g/mol. The van der Waals surface area contributed by atoms with Crippen LogP contribution in [0.25, 0.3) is 0 Å². The van der Waals surface area contributed by atoms with Crippen LogP contribution in [0.15, 0.2) is 48.5 Å².